The maximum Gasteiger partial charge on any atom is 0.249 e. The second kappa shape index (κ2) is 12.0. The number of hydrogen-bond donors (Lipinski definition) is 1. The van der Waals surface area contributed by atoms with E-state index in [0.717, 1.165) is 42.7 Å². The SMILES string of the molecule is CC1=C(C(C)(C)COC2CCCCO2)C=C(NC(=O)C2CC(OC(C)(C)C)CN2c2ccc(Cl)cc2)OC1. The van der Waals surface area contributed by atoms with Crippen LogP contribution in [0.1, 0.15) is 67.2 Å². The summed E-state index contributed by atoms with van der Waals surface area (Å²) in [6.45, 7) is 14.8. The Morgan fingerprint density at radius 2 is 1.89 bits per heavy atom. The molecule has 3 heterocycles. The normalized spacial score (nSPS) is 24.8. The van der Waals surface area contributed by atoms with Gasteiger partial charge in [0.1, 0.15) is 12.6 Å². The van der Waals surface area contributed by atoms with Crippen molar-refractivity contribution >= 4 is 23.2 Å². The first-order chi connectivity index (χ1) is 17.9. The quantitative estimate of drug-likeness (QED) is 0.433. The van der Waals surface area contributed by atoms with Gasteiger partial charge in [-0.25, -0.2) is 0 Å². The van der Waals surface area contributed by atoms with Gasteiger partial charge in [-0.1, -0.05) is 25.4 Å². The summed E-state index contributed by atoms with van der Waals surface area (Å²) in [6.07, 6.45) is 5.48. The molecule has 1 amide bonds. The van der Waals surface area contributed by atoms with E-state index in [9.17, 15) is 4.79 Å². The van der Waals surface area contributed by atoms with Crippen LogP contribution in [0.4, 0.5) is 5.69 Å². The summed E-state index contributed by atoms with van der Waals surface area (Å²) in [5.74, 6) is 0.351. The van der Waals surface area contributed by atoms with Crippen molar-refractivity contribution in [1.29, 1.82) is 0 Å². The molecule has 3 atom stereocenters. The Morgan fingerprint density at radius 3 is 2.55 bits per heavy atom. The molecule has 0 aromatic heterocycles. The van der Waals surface area contributed by atoms with Gasteiger partial charge in [-0.05, 0) is 82.4 Å². The van der Waals surface area contributed by atoms with Crippen LogP contribution in [0.3, 0.4) is 0 Å². The van der Waals surface area contributed by atoms with Gasteiger partial charge in [0.15, 0.2) is 12.2 Å². The smallest absolute Gasteiger partial charge is 0.249 e. The number of anilines is 1. The lowest BCUT2D eigenvalue weighted by Crippen LogP contribution is -2.44. The van der Waals surface area contributed by atoms with Crippen molar-refractivity contribution in [3.63, 3.8) is 0 Å². The summed E-state index contributed by atoms with van der Waals surface area (Å²) in [6, 6.07) is 7.18. The Morgan fingerprint density at radius 1 is 1.16 bits per heavy atom. The van der Waals surface area contributed by atoms with Gasteiger partial charge in [0.05, 0.1) is 18.3 Å². The maximum absolute atomic E-state index is 13.6. The summed E-state index contributed by atoms with van der Waals surface area (Å²) in [4.78, 5) is 15.7. The molecule has 0 bridgehead atoms. The highest BCUT2D eigenvalue weighted by Crippen LogP contribution is 2.35. The topological polar surface area (TPSA) is 69.3 Å². The van der Waals surface area contributed by atoms with Gasteiger partial charge in [-0.15, -0.1) is 0 Å². The standard InChI is InChI=1S/C30H43ClN2O5/c1-20-18-36-26(16-24(20)30(5,6)19-37-27-9-7-8-14-35-27)32-28(34)25-15-23(38-29(2,3)4)17-33(25)22-12-10-21(31)11-13-22/h10-13,16,23,25,27H,7-9,14-15,17-19H2,1-6H3,(H,32,34). The molecule has 0 spiro atoms. The molecule has 1 aromatic carbocycles. The largest absolute Gasteiger partial charge is 0.474 e. The molecule has 0 saturated carbocycles. The van der Waals surface area contributed by atoms with Gasteiger partial charge in [-0.3, -0.25) is 10.1 Å². The second-order valence-corrected chi connectivity index (χ2v) is 12.6. The van der Waals surface area contributed by atoms with Gasteiger partial charge in [0.2, 0.25) is 5.91 Å². The maximum atomic E-state index is 13.6. The minimum absolute atomic E-state index is 0.0709. The van der Waals surface area contributed by atoms with Crippen molar-refractivity contribution in [2.45, 2.75) is 91.3 Å². The summed E-state index contributed by atoms with van der Waals surface area (Å²) >= 11 is 6.12. The number of allylic oxidation sites excluding steroid dienone is 1. The number of ether oxygens (including phenoxy) is 4. The minimum Gasteiger partial charge on any atom is -0.474 e. The van der Waals surface area contributed by atoms with E-state index in [1.165, 1.54) is 0 Å². The van der Waals surface area contributed by atoms with Crippen LogP contribution in [0.5, 0.6) is 0 Å². The number of hydrogen-bond acceptors (Lipinski definition) is 6. The van der Waals surface area contributed by atoms with Crippen LogP contribution >= 0.6 is 11.6 Å². The molecule has 3 aliphatic heterocycles. The molecule has 2 fully saturated rings. The molecule has 8 heteroatoms. The van der Waals surface area contributed by atoms with E-state index in [4.69, 9.17) is 30.5 Å². The average molecular weight is 547 g/mol. The van der Waals surface area contributed by atoms with E-state index in [1.807, 2.05) is 51.1 Å². The van der Waals surface area contributed by atoms with Crippen LogP contribution in [0.15, 0.2) is 47.4 Å². The Bertz CT molecular complexity index is 1040. The van der Waals surface area contributed by atoms with Crippen molar-refractivity contribution in [1.82, 2.24) is 5.32 Å². The fourth-order valence-electron chi connectivity index (χ4n) is 5.38. The lowest BCUT2D eigenvalue weighted by molar-refractivity contribution is -0.173. The van der Waals surface area contributed by atoms with Crippen molar-refractivity contribution < 1.29 is 23.7 Å². The lowest BCUT2D eigenvalue weighted by atomic mass is 9.81. The number of carbonyl (C=O) groups excluding carboxylic acids is 1. The Labute approximate surface area is 232 Å². The predicted molar refractivity (Wildman–Crippen MR) is 150 cm³/mol. The Kier molecular flexibility index (Phi) is 9.13. The van der Waals surface area contributed by atoms with Gasteiger partial charge < -0.3 is 23.8 Å². The van der Waals surface area contributed by atoms with Crippen LogP contribution in [0.25, 0.3) is 0 Å². The van der Waals surface area contributed by atoms with Crippen molar-refractivity contribution in [2.24, 2.45) is 5.41 Å². The molecule has 1 aromatic rings. The number of nitrogens with one attached hydrogen (secondary N) is 1. The first-order valence-electron chi connectivity index (χ1n) is 13.7. The third-order valence-electron chi connectivity index (χ3n) is 7.17. The fraction of sp³-hybridized carbons (Fsp3) is 0.633. The molecule has 3 unspecified atom stereocenters. The molecular formula is C30H43ClN2O5. The van der Waals surface area contributed by atoms with Crippen LogP contribution < -0.4 is 10.2 Å². The predicted octanol–water partition coefficient (Wildman–Crippen LogP) is 5.98. The van der Waals surface area contributed by atoms with Crippen LogP contribution in [-0.2, 0) is 23.7 Å². The summed E-state index contributed by atoms with van der Waals surface area (Å²) in [7, 11) is 0. The van der Waals surface area contributed by atoms with E-state index in [0.29, 0.717) is 37.1 Å². The van der Waals surface area contributed by atoms with Crippen LogP contribution in [0, 0.1) is 5.41 Å². The zero-order chi connectivity index (χ0) is 27.5. The van der Waals surface area contributed by atoms with Crippen LogP contribution in [0.2, 0.25) is 5.02 Å². The van der Waals surface area contributed by atoms with Crippen molar-refractivity contribution in [2.75, 3.05) is 31.3 Å². The third kappa shape index (κ3) is 7.53. The molecule has 38 heavy (non-hydrogen) atoms. The molecule has 7 nitrogen and oxygen atoms in total. The Hall–Kier alpha value is -2.06. The molecule has 4 rings (SSSR count). The summed E-state index contributed by atoms with van der Waals surface area (Å²) < 4.78 is 24.1. The third-order valence-corrected chi connectivity index (χ3v) is 7.42. The highest BCUT2D eigenvalue weighted by atomic mass is 35.5. The summed E-state index contributed by atoms with van der Waals surface area (Å²) in [5.41, 5.74) is 2.62. The molecule has 2 saturated heterocycles. The molecular weight excluding hydrogens is 504 g/mol. The van der Waals surface area contributed by atoms with Gasteiger partial charge in [-0.2, -0.15) is 0 Å². The number of rotatable bonds is 8. The molecule has 210 valence electrons. The number of carbonyl (C=O) groups is 1. The average Bonchev–Trinajstić information content (AvgIpc) is 3.27. The molecule has 1 N–H and O–H groups in total. The van der Waals surface area contributed by atoms with E-state index >= 15 is 0 Å². The highest BCUT2D eigenvalue weighted by molar-refractivity contribution is 6.30. The van der Waals surface area contributed by atoms with Crippen molar-refractivity contribution in [3.8, 4) is 0 Å². The molecule has 3 aliphatic rings. The number of halogens is 1. The Balaban J connectivity index is 1.47. The first-order valence-corrected chi connectivity index (χ1v) is 14.1. The highest BCUT2D eigenvalue weighted by Gasteiger charge is 2.40. The van der Waals surface area contributed by atoms with Gasteiger partial charge in [0, 0.05) is 41.8 Å². The monoisotopic (exact) mass is 546 g/mol. The van der Waals surface area contributed by atoms with Gasteiger partial charge in [0.25, 0.3) is 0 Å². The zero-order valence-electron chi connectivity index (χ0n) is 23.6. The lowest BCUT2D eigenvalue weighted by Gasteiger charge is -2.34. The second-order valence-electron chi connectivity index (χ2n) is 12.2. The van der Waals surface area contributed by atoms with Crippen molar-refractivity contribution in [3.05, 3.63) is 52.4 Å². The number of amides is 1. The summed E-state index contributed by atoms with van der Waals surface area (Å²) in [5, 5.41) is 3.72. The zero-order valence-corrected chi connectivity index (χ0v) is 24.4. The first kappa shape index (κ1) is 28.9. The minimum atomic E-state index is -0.400. The van der Waals surface area contributed by atoms with E-state index < -0.39 is 6.04 Å². The van der Waals surface area contributed by atoms with E-state index in [-0.39, 0.29) is 29.3 Å². The fourth-order valence-corrected chi connectivity index (χ4v) is 5.51. The van der Waals surface area contributed by atoms with Gasteiger partial charge >= 0.3 is 0 Å². The molecule has 0 radical (unpaired) electrons. The number of nitrogens with zero attached hydrogens (tertiary/aromatic N) is 1. The van der Waals surface area contributed by atoms with Crippen LogP contribution in [-0.4, -0.2) is 56.3 Å². The van der Waals surface area contributed by atoms with E-state index in [2.05, 4.69) is 31.0 Å². The van der Waals surface area contributed by atoms with E-state index in [1.54, 1.807) is 0 Å². The number of benzene rings is 1. The molecule has 0 aliphatic carbocycles.